The molecule has 1 aliphatic rings. The molecule has 0 spiro atoms. The lowest BCUT2D eigenvalue weighted by atomic mass is 9.87. The van der Waals surface area contributed by atoms with Gasteiger partial charge in [-0.05, 0) is 55.5 Å². The van der Waals surface area contributed by atoms with Crippen LogP contribution in [0.15, 0.2) is 40.8 Å². The van der Waals surface area contributed by atoms with Gasteiger partial charge in [0.15, 0.2) is 0 Å². The van der Waals surface area contributed by atoms with Crippen molar-refractivity contribution >= 4 is 5.91 Å². The minimum absolute atomic E-state index is 0.0993. The Balaban J connectivity index is 1.47. The van der Waals surface area contributed by atoms with Crippen LogP contribution in [0.2, 0.25) is 0 Å². The van der Waals surface area contributed by atoms with E-state index < -0.39 is 6.10 Å². The molecule has 0 radical (unpaired) electrons. The van der Waals surface area contributed by atoms with Crippen LogP contribution in [0.3, 0.4) is 0 Å². The van der Waals surface area contributed by atoms with Gasteiger partial charge in [0.05, 0.1) is 6.10 Å². The standard InChI is InChI=1S/C20H24FNO3/c1-14-2-7-18(25-14)8-9-19(23)22-12-10-16(11-13-22)20(24)15-3-5-17(21)6-4-15/h2-7,16,20,24H,8-13H2,1H3. The summed E-state index contributed by atoms with van der Waals surface area (Å²) in [6.45, 7) is 3.19. The summed E-state index contributed by atoms with van der Waals surface area (Å²) < 4.78 is 18.5. The Morgan fingerprint density at radius 3 is 2.52 bits per heavy atom. The SMILES string of the molecule is Cc1ccc(CCC(=O)N2CCC(C(O)c3ccc(F)cc3)CC2)o1. The molecule has 1 aromatic carbocycles. The second-order valence-corrected chi connectivity index (χ2v) is 6.73. The highest BCUT2D eigenvalue weighted by Gasteiger charge is 2.28. The monoisotopic (exact) mass is 345 g/mol. The maximum absolute atomic E-state index is 13.0. The lowest BCUT2D eigenvalue weighted by Gasteiger charge is -2.34. The van der Waals surface area contributed by atoms with Gasteiger partial charge in [0.25, 0.3) is 0 Å². The first kappa shape index (κ1) is 17.7. The topological polar surface area (TPSA) is 53.7 Å². The molecule has 3 rings (SSSR count). The van der Waals surface area contributed by atoms with Crippen molar-refractivity contribution in [2.45, 2.75) is 38.7 Å². The number of hydrogen-bond acceptors (Lipinski definition) is 3. The van der Waals surface area contributed by atoms with Crippen LogP contribution in [0.1, 0.15) is 42.5 Å². The third kappa shape index (κ3) is 4.48. The number of aliphatic hydroxyl groups is 1. The van der Waals surface area contributed by atoms with E-state index in [1.807, 2.05) is 24.0 Å². The first-order chi connectivity index (χ1) is 12.0. The van der Waals surface area contributed by atoms with E-state index in [9.17, 15) is 14.3 Å². The van der Waals surface area contributed by atoms with E-state index in [4.69, 9.17) is 4.42 Å². The molecule has 1 saturated heterocycles. The van der Waals surface area contributed by atoms with Crippen molar-refractivity contribution in [1.82, 2.24) is 4.90 Å². The smallest absolute Gasteiger partial charge is 0.223 e. The van der Waals surface area contributed by atoms with Crippen molar-refractivity contribution in [1.29, 1.82) is 0 Å². The van der Waals surface area contributed by atoms with Crippen LogP contribution in [-0.4, -0.2) is 29.0 Å². The largest absolute Gasteiger partial charge is 0.466 e. The molecule has 5 heteroatoms. The lowest BCUT2D eigenvalue weighted by molar-refractivity contribution is -0.133. The fourth-order valence-electron chi connectivity index (χ4n) is 3.40. The number of hydrogen-bond donors (Lipinski definition) is 1. The number of aliphatic hydroxyl groups excluding tert-OH is 1. The quantitative estimate of drug-likeness (QED) is 0.900. The molecule has 4 nitrogen and oxygen atoms in total. The Morgan fingerprint density at radius 1 is 1.24 bits per heavy atom. The number of carbonyl (C=O) groups excluding carboxylic acids is 1. The molecule has 1 unspecified atom stereocenters. The second-order valence-electron chi connectivity index (χ2n) is 6.73. The Labute approximate surface area is 147 Å². The van der Waals surface area contributed by atoms with Gasteiger partial charge >= 0.3 is 0 Å². The number of likely N-dealkylation sites (tertiary alicyclic amines) is 1. The lowest BCUT2D eigenvalue weighted by Crippen LogP contribution is -2.39. The second kappa shape index (κ2) is 7.83. The molecule has 1 fully saturated rings. The zero-order valence-electron chi connectivity index (χ0n) is 14.5. The summed E-state index contributed by atoms with van der Waals surface area (Å²) >= 11 is 0. The Kier molecular flexibility index (Phi) is 5.53. The molecule has 134 valence electrons. The molecule has 1 aromatic heterocycles. The average molecular weight is 345 g/mol. The summed E-state index contributed by atoms with van der Waals surface area (Å²) in [5.41, 5.74) is 0.736. The highest BCUT2D eigenvalue weighted by Crippen LogP contribution is 2.31. The molecule has 2 heterocycles. The van der Waals surface area contributed by atoms with Crippen molar-refractivity contribution in [3.63, 3.8) is 0 Å². The summed E-state index contributed by atoms with van der Waals surface area (Å²) in [6, 6.07) is 9.81. The van der Waals surface area contributed by atoms with Gasteiger partial charge in [0, 0.05) is 25.9 Å². The van der Waals surface area contributed by atoms with Gasteiger partial charge in [-0.2, -0.15) is 0 Å². The molecular formula is C20H24FNO3. The fraction of sp³-hybridized carbons (Fsp3) is 0.450. The number of nitrogens with zero attached hydrogens (tertiary/aromatic N) is 1. The number of rotatable bonds is 5. The summed E-state index contributed by atoms with van der Waals surface area (Å²) in [5.74, 6) is 1.62. The Hall–Kier alpha value is -2.14. The zero-order valence-corrected chi connectivity index (χ0v) is 14.5. The van der Waals surface area contributed by atoms with E-state index in [1.54, 1.807) is 12.1 Å². The number of halogens is 1. The van der Waals surface area contributed by atoms with Crippen molar-refractivity contribution in [3.8, 4) is 0 Å². The van der Waals surface area contributed by atoms with E-state index in [0.717, 1.165) is 29.9 Å². The van der Waals surface area contributed by atoms with Crippen molar-refractivity contribution in [2.75, 3.05) is 13.1 Å². The van der Waals surface area contributed by atoms with E-state index in [2.05, 4.69) is 0 Å². The number of aryl methyl sites for hydroxylation is 2. The third-order valence-electron chi connectivity index (χ3n) is 4.93. The van der Waals surface area contributed by atoms with Crippen LogP contribution in [0.25, 0.3) is 0 Å². The van der Waals surface area contributed by atoms with Crippen LogP contribution in [-0.2, 0) is 11.2 Å². The minimum atomic E-state index is -0.607. The van der Waals surface area contributed by atoms with Gasteiger partial charge in [-0.15, -0.1) is 0 Å². The van der Waals surface area contributed by atoms with E-state index in [0.29, 0.717) is 25.9 Å². The van der Waals surface area contributed by atoms with Crippen LogP contribution >= 0.6 is 0 Å². The fourth-order valence-corrected chi connectivity index (χ4v) is 3.40. The average Bonchev–Trinajstić information content (AvgIpc) is 3.05. The third-order valence-corrected chi connectivity index (χ3v) is 4.93. The highest BCUT2D eigenvalue weighted by atomic mass is 19.1. The Bertz CT molecular complexity index is 702. The minimum Gasteiger partial charge on any atom is -0.466 e. The Morgan fingerprint density at radius 2 is 1.92 bits per heavy atom. The van der Waals surface area contributed by atoms with Gasteiger partial charge in [-0.25, -0.2) is 4.39 Å². The number of benzene rings is 1. The zero-order chi connectivity index (χ0) is 17.8. The first-order valence-electron chi connectivity index (χ1n) is 8.79. The first-order valence-corrected chi connectivity index (χ1v) is 8.79. The van der Waals surface area contributed by atoms with Crippen LogP contribution in [0.4, 0.5) is 4.39 Å². The molecule has 0 bridgehead atoms. The molecule has 2 aromatic rings. The normalized spacial score (nSPS) is 16.8. The summed E-state index contributed by atoms with van der Waals surface area (Å²) in [7, 11) is 0. The molecule has 25 heavy (non-hydrogen) atoms. The number of piperidine rings is 1. The molecule has 0 saturated carbocycles. The summed E-state index contributed by atoms with van der Waals surface area (Å²) in [6.07, 6.45) is 1.96. The molecule has 0 aliphatic carbocycles. The van der Waals surface area contributed by atoms with Crippen molar-refractivity contribution in [3.05, 3.63) is 59.3 Å². The molecular weight excluding hydrogens is 321 g/mol. The van der Waals surface area contributed by atoms with Crippen molar-refractivity contribution in [2.24, 2.45) is 5.92 Å². The predicted molar refractivity (Wildman–Crippen MR) is 92.4 cm³/mol. The van der Waals surface area contributed by atoms with Gasteiger partial charge in [0.1, 0.15) is 17.3 Å². The maximum atomic E-state index is 13.0. The maximum Gasteiger partial charge on any atom is 0.223 e. The molecule has 1 amide bonds. The van der Waals surface area contributed by atoms with Crippen LogP contribution < -0.4 is 0 Å². The highest BCUT2D eigenvalue weighted by molar-refractivity contribution is 5.76. The van der Waals surface area contributed by atoms with E-state index in [1.165, 1.54) is 12.1 Å². The summed E-state index contributed by atoms with van der Waals surface area (Å²) in [5, 5.41) is 10.5. The van der Waals surface area contributed by atoms with Crippen LogP contribution in [0, 0.1) is 18.7 Å². The molecule has 1 N–H and O–H groups in total. The molecule has 1 atom stereocenters. The van der Waals surface area contributed by atoms with Gasteiger partial charge < -0.3 is 14.4 Å². The number of amides is 1. The van der Waals surface area contributed by atoms with Gasteiger partial charge in [-0.3, -0.25) is 4.79 Å². The molecule has 1 aliphatic heterocycles. The number of carbonyl (C=O) groups is 1. The number of furan rings is 1. The van der Waals surface area contributed by atoms with E-state index >= 15 is 0 Å². The van der Waals surface area contributed by atoms with Crippen LogP contribution in [0.5, 0.6) is 0 Å². The van der Waals surface area contributed by atoms with E-state index in [-0.39, 0.29) is 17.6 Å². The van der Waals surface area contributed by atoms with Gasteiger partial charge in [-0.1, -0.05) is 12.1 Å². The summed E-state index contributed by atoms with van der Waals surface area (Å²) in [4.78, 5) is 14.2. The van der Waals surface area contributed by atoms with Crippen molar-refractivity contribution < 1.29 is 18.7 Å². The predicted octanol–water partition coefficient (Wildman–Crippen LogP) is 3.63. The van der Waals surface area contributed by atoms with Gasteiger partial charge in [0.2, 0.25) is 5.91 Å².